The summed E-state index contributed by atoms with van der Waals surface area (Å²) in [6.07, 6.45) is 1.48. The Morgan fingerprint density at radius 2 is 2.14 bits per heavy atom. The summed E-state index contributed by atoms with van der Waals surface area (Å²) < 4.78 is 10.5. The molecule has 0 bridgehead atoms. The number of fused-ring (bicyclic) bond motifs is 1. The summed E-state index contributed by atoms with van der Waals surface area (Å²) >= 11 is 1.52. The molecule has 0 saturated carbocycles. The maximum Gasteiger partial charge on any atom is 0.301 e. The number of ether oxygens (including phenoxy) is 1. The zero-order valence-electron chi connectivity index (χ0n) is 16.1. The molecule has 3 aromatic rings. The molecule has 150 valence electrons. The van der Waals surface area contributed by atoms with E-state index < -0.39 is 12.0 Å². The summed E-state index contributed by atoms with van der Waals surface area (Å²) in [5.74, 6) is -0.980. The van der Waals surface area contributed by atoms with Gasteiger partial charge in [-0.3, -0.25) is 14.9 Å². The zero-order chi connectivity index (χ0) is 20.4. The fourth-order valence-corrected chi connectivity index (χ4v) is 4.56. The number of anilines is 1. The first-order valence-electron chi connectivity index (χ1n) is 9.25. The lowest BCUT2D eigenvalue weighted by Crippen LogP contribution is -2.47. The Kier molecular flexibility index (Phi) is 5.46. The SMILES string of the molecule is COCCN1C(=O)c2ccccc2C(C(=O)Nc2nc(C)co2)C1c1cccs1. The molecule has 0 spiro atoms. The minimum atomic E-state index is -0.605. The van der Waals surface area contributed by atoms with Gasteiger partial charge in [0.15, 0.2) is 0 Å². The molecule has 4 rings (SSSR count). The van der Waals surface area contributed by atoms with Crippen LogP contribution in [-0.2, 0) is 9.53 Å². The average Bonchev–Trinajstić information content (AvgIpc) is 3.39. The Bertz CT molecular complexity index is 1010. The summed E-state index contributed by atoms with van der Waals surface area (Å²) in [4.78, 5) is 33.5. The first-order valence-corrected chi connectivity index (χ1v) is 10.1. The van der Waals surface area contributed by atoms with E-state index in [9.17, 15) is 9.59 Å². The van der Waals surface area contributed by atoms with Gasteiger partial charge in [0.05, 0.1) is 24.3 Å². The van der Waals surface area contributed by atoms with E-state index in [1.54, 1.807) is 25.0 Å². The average molecular weight is 411 g/mol. The normalized spacial score (nSPS) is 18.6. The Labute approximate surface area is 172 Å². The third-order valence-corrected chi connectivity index (χ3v) is 5.88. The van der Waals surface area contributed by atoms with Crippen LogP contribution in [-0.4, -0.2) is 42.0 Å². The Morgan fingerprint density at radius 3 is 2.83 bits per heavy atom. The molecule has 2 atom stereocenters. The summed E-state index contributed by atoms with van der Waals surface area (Å²) in [5.41, 5.74) is 1.90. The van der Waals surface area contributed by atoms with E-state index in [1.165, 1.54) is 17.6 Å². The largest absolute Gasteiger partial charge is 0.432 e. The number of aryl methyl sites for hydroxylation is 1. The predicted molar refractivity (Wildman–Crippen MR) is 109 cm³/mol. The molecule has 2 amide bonds. The molecule has 1 N–H and O–H groups in total. The number of thiophene rings is 1. The van der Waals surface area contributed by atoms with E-state index in [-0.39, 0.29) is 17.8 Å². The molecule has 7 nitrogen and oxygen atoms in total. The first kappa shape index (κ1) is 19.4. The monoisotopic (exact) mass is 411 g/mol. The number of oxazole rings is 1. The standard InChI is InChI=1S/C21H21N3O4S/c1-13-12-28-21(22-13)23-19(25)17-14-6-3-4-7-15(14)20(26)24(9-10-27-2)18(17)16-8-5-11-29-16/h3-8,11-12,17-18H,9-10H2,1-2H3,(H,22,23,25). The third kappa shape index (κ3) is 3.68. The number of nitrogens with one attached hydrogen (secondary N) is 1. The fraction of sp³-hybridized carbons (Fsp3) is 0.286. The molecule has 3 heterocycles. The maximum absolute atomic E-state index is 13.4. The van der Waals surface area contributed by atoms with Gasteiger partial charge < -0.3 is 14.1 Å². The van der Waals surface area contributed by atoms with Gasteiger partial charge in [-0.2, -0.15) is 4.98 Å². The minimum absolute atomic E-state index is 0.105. The summed E-state index contributed by atoms with van der Waals surface area (Å²) in [6, 6.07) is 10.8. The number of aromatic nitrogens is 1. The molecule has 2 aromatic heterocycles. The predicted octanol–water partition coefficient (Wildman–Crippen LogP) is 3.61. The van der Waals surface area contributed by atoms with Crippen molar-refractivity contribution in [2.45, 2.75) is 18.9 Å². The van der Waals surface area contributed by atoms with Crippen LogP contribution in [0.1, 0.15) is 38.5 Å². The second kappa shape index (κ2) is 8.18. The number of hydrogen-bond donors (Lipinski definition) is 1. The van der Waals surface area contributed by atoms with Crippen LogP contribution in [0.3, 0.4) is 0 Å². The van der Waals surface area contributed by atoms with Gasteiger partial charge >= 0.3 is 6.01 Å². The molecule has 29 heavy (non-hydrogen) atoms. The van der Waals surface area contributed by atoms with Crippen LogP contribution in [0, 0.1) is 6.92 Å². The number of hydrogen-bond acceptors (Lipinski definition) is 6. The van der Waals surface area contributed by atoms with Crippen molar-refractivity contribution in [3.05, 3.63) is 69.7 Å². The topological polar surface area (TPSA) is 84.7 Å². The minimum Gasteiger partial charge on any atom is -0.432 e. The summed E-state index contributed by atoms with van der Waals surface area (Å²) in [5, 5.41) is 4.72. The van der Waals surface area contributed by atoms with Gasteiger partial charge in [0.25, 0.3) is 5.91 Å². The Hall–Kier alpha value is -2.97. The highest BCUT2D eigenvalue weighted by molar-refractivity contribution is 7.10. The molecule has 8 heteroatoms. The highest BCUT2D eigenvalue weighted by atomic mass is 32.1. The third-order valence-electron chi connectivity index (χ3n) is 4.94. The van der Waals surface area contributed by atoms with Crippen molar-refractivity contribution in [2.24, 2.45) is 0 Å². The van der Waals surface area contributed by atoms with E-state index in [0.29, 0.717) is 30.0 Å². The van der Waals surface area contributed by atoms with Crippen molar-refractivity contribution in [1.82, 2.24) is 9.88 Å². The number of carbonyl (C=O) groups is 2. The van der Waals surface area contributed by atoms with Gasteiger partial charge in [0.1, 0.15) is 6.26 Å². The number of rotatable bonds is 6. The van der Waals surface area contributed by atoms with E-state index in [0.717, 1.165) is 4.88 Å². The van der Waals surface area contributed by atoms with Crippen molar-refractivity contribution in [3.63, 3.8) is 0 Å². The van der Waals surface area contributed by atoms with E-state index in [2.05, 4.69) is 10.3 Å². The molecule has 0 radical (unpaired) electrons. The van der Waals surface area contributed by atoms with Crippen molar-refractivity contribution in [1.29, 1.82) is 0 Å². The van der Waals surface area contributed by atoms with Crippen LogP contribution < -0.4 is 5.32 Å². The second-order valence-corrected chi connectivity index (χ2v) is 7.78. The Balaban J connectivity index is 1.80. The van der Waals surface area contributed by atoms with E-state index in [1.807, 2.05) is 35.7 Å². The molecule has 1 aliphatic rings. The second-order valence-electron chi connectivity index (χ2n) is 6.80. The number of methoxy groups -OCH3 is 1. The summed E-state index contributed by atoms with van der Waals surface area (Å²) in [7, 11) is 1.59. The molecule has 1 aromatic carbocycles. The Morgan fingerprint density at radius 1 is 1.31 bits per heavy atom. The van der Waals surface area contributed by atoms with Crippen molar-refractivity contribution >= 4 is 29.2 Å². The number of benzene rings is 1. The molecule has 1 aliphatic heterocycles. The van der Waals surface area contributed by atoms with Crippen molar-refractivity contribution in [2.75, 3.05) is 25.6 Å². The van der Waals surface area contributed by atoms with Crippen LogP contribution >= 0.6 is 11.3 Å². The van der Waals surface area contributed by atoms with Gasteiger partial charge in [-0.25, -0.2) is 0 Å². The van der Waals surface area contributed by atoms with Gasteiger partial charge in [-0.1, -0.05) is 24.3 Å². The number of nitrogens with zero attached hydrogens (tertiary/aromatic N) is 2. The quantitative estimate of drug-likeness (QED) is 0.670. The summed E-state index contributed by atoms with van der Waals surface area (Å²) in [6.45, 7) is 2.55. The highest BCUT2D eigenvalue weighted by Gasteiger charge is 2.44. The van der Waals surface area contributed by atoms with E-state index in [4.69, 9.17) is 9.15 Å². The van der Waals surface area contributed by atoms with Crippen LogP contribution in [0.5, 0.6) is 0 Å². The zero-order valence-corrected chi connectivity index (χ0v) is 16.9. The lowest BCUT2D eigenvalue weighted by atomic mass is 9.81. The maximum atomic E-state index is 13.4. The molecule has 0 saturated heterocycles. The van der Waals surface area contributed by atoms with Gasteiger partial charge in [0.2, 0.25) is 5.91 Å². The van der Waals surface area contributed by atoms with Crippen LogP contribution in [0.25, 0.3) is 0 Å². The van der Waals surface area contributed by atoms with Gasteiger partial charge in [0, 0.05) is 24.1 Å². The van der Waals surface area contributed by atoms with E-state index >= 15 is 0 Å². The first-order chi connectivity index (χ1) is 14.1. The highest BCUT2D eigenvalue weighted by Crippen LogP contribution is 2.44. The number of amides is 2. The molecule has 0 aliphatic carbocycles. The molecule has 2 unspecified atom stereocenters. The smallest absolute Gasteiger partial charge is 0.301 e. The van der Waals surface area contributed by atoms with Crippen LogP contribution in [0.4, 0.5) is 6.01 Å². The van der Waals surface area contributed by atoms with Gasteiger partial charge in [-0.15, -0.1) is 11.3 Å². The lowest BCUT2D eigenvalue weighted by molar-refractivity contribution is -0.119. The fourth-order valence-electron chi connectivity index (χ4n) is 3.68. The number of carbonyl (C=O) groups excluding carboxylic acids is 2. The molecule has 0 fully saturated rings. The molecular weight excluding hydrogens is 390 g/mol. The van der Waals surface area contributed by atoms with Crippen molar-refractivity contribution < 1.29 is 18.7 Å². The molecular formula is C21H21N3O4S. The van der Waals surface area contributed by atoms with Crippen LogP contribution in [0.15, 0.2) is 52.5 Å². The van der Waals surface area contributed by atoms with Crippen molar-refractivity contribution in [3.8, 4) is 0 Å². The van der Waals surface area contributed by atoms with Crippen LogP contribution in [0.2, 0.25) is 0 Å². The lowest BCUT2D eigenvalue weighted by Gasteiger charge is -2.40. The van der Waals surface area contributed by atoms with Gasteiger partial charge in [-0.05, 0) is 30.0 Å².